The first-order valence-electron chi connectivity index (χ1n) is 13.3. The maximum atomic E-state index is 12.8. The molecule has 1 aromatic carbocycles. The Morgan fingerprint density at radius 3 is 2.64 bits per heavy atom. The normalized spacial score (nSPS) is 18.4. The second-order valence-corrected chi connectivity index (χ2v) is 12.4. The van der Waals surface area contributed by atoms with E-state index in [1.807, 2.05) is 47.4 Å². The number of anilines is 1. The summed E-state index contributed by atoms with van der Waals surface area (Å²) in [7, 11) is 0. The Morgan fingerprint density at radius 2 is 1.94 bits per heavy atom. The Hall–Kier alpha value is -2.67. The van der Waals surface area contributed by atoms with Crippen LogP contribution in [0.3, 0.4) is 0 Å². The highest BCUT2D eigenvalue weighted by Gasteiger charge is 2.33. The van der Waals surface area contributed by atoms with Gasteiger partial charge in [-0.2, -0.15) is 0 Å². The van der Waals surface area contributed by atoms with Crippen molar-refractivity contribution in [1.29, 1.82) is 0 Å². The molecule has 0 N–H and O–H groups in total. The summed E-state index contributed by atoms with van der Waals surface area (Å²) < 4.78 is 5.76. The summed E-state index contributed by atoms with van der Waals surface area (Å²) in [5, 5.41) is 1.27. The molecule has 0 spiro atoms. The van der Waals surface area contributed by atoms with Crippen LogP contribution in [0.1, 0.15) is 55.9 Å². The number of fused-ring (bicyclic) bond motifs is 3. The fraction of sp³-hybridized carbons (Fsp3) is 0.552. The van der Waals surface area contributed by atoms with Crippen LogP contribution in [0.15, 0.2) is 24.3 Å². The minimum Gasteiger partial charge on any atom is -0.484 e. The van der Waals surface area contributed by atoms with E-state index in [0.717, 1.165) is 60.1 Å². The Morgan fingerprint density at radius 1 is 1.17 bits per heavy atom. The van der Waals surface area contributed by atoms with Gasteiger partial charge in [-0.1, -0.05) is 39.8 Å². The molecule has 1 aliphatic heterocycles. The average Bonchev–Trinajstić information content (AvgIpc) is 3.24. The van der Waals surface area contributed by atoms with E-state index in [1.54, 1.807) is 0 Å². The smallest absolute Gasteiger partial charge is 0.260 e. The molecule has 1 amide bonds. The van der Waals surface area contributed by atoms with Crippen LogP contribution in [0.5, 0.6) is 5.75 Å². The molecule has 7 heteroatoms. The molecule has 5 rings (SSSR count). The summed E-state index contributed by atoms with van der Waals surface area (Å²) in [6, 6.07) is 7.83. The molecule has 1 atom stereocenters. The monoisotopic (exact) mass is 506 g/mol. The molecule has 6 nitrogen and oxygen atoms in total. The molecule has 2 aromatic heterocycles. The number of hydrogen-bond donors (Lipinski definition) is 0. The number of amides is 1. The van der Waals surface area contributed by atoms with Crippen LogP contribution in [0, 0.1) is 18.3 Å². The maximum absolute atomic E-state index is 12.8. The number of benzene rings is 1. The highest BCUT2D eigenvalue weighted by Crippen LogP contribution is 2.45. The third-order valence-corrected chi connectivity index (χ3v) is 8.91. The molecule has 1 saturated heterocycles. The lowest BCUT2D eigenvalue weighted by Gasteiger charge is -2.36. The number of aryl methyl sites for hydroxylation is 3. The van der Waals surface area contributed by atoms with Gasteiger partial charge in [0.2, 0.25) is 0 Å². The van der Waals surface area contributed by atoms with E-state index in [4.69, 9.17) is 14.7 Å². The number of carbonyl (C=O) groups excluding carboxylic acids is 1. The Labute approximate surface area is 218 Å². The largest absolute Gasteiger partial charge is 0.484 e. The first kappa shape index (κ1) is 25.0. The van der Waals surface area contributed by atoms with Crippen molar-refractivity contribution in [3.8, 4) is 5.75 Å². The van der Waals surface area contributed by atoms with Crippen molar-refractivity contribution in [1.82, 2.24) is 14.9 Å². The third-order valence-electron chi connectivity index (χ3n) is 7.76. The van der Waals surface area contributed by atoms with Crippen molar-refractivity contribution >= 4 is 33.3 Å². The number of carbonyl (C=O) groups is 1. The van der Waals surface area contributed by atoms with E-state index >= 15 is 0 Å². The zero-order valence-electron chi connectivity index (χ0n) is 22.3. The van der Waals surface area contributed by atoms with Crippen molar-refractivity contribution in [3.63, 3.8) is 0 Å². The lowest BCUT2D eigenvalue weighted by atomic mass is 9.72. The minimum absolute atomic E-state index is 0.0411. The summed E-state index contributed by atoms with van der Waals surface area (Å²) in [6.07, 6.45) is 4.29. The van der Waals surface area contributed by atoms with E-state index in [1.165, 1.54) is 22.2 Å². The van der Waals surface area contributed by atoms with E-state index in [2.05, 4.69) is 32.6 Å². The summed E-state index contributed by atoms with van der Waals surface area (Å²) >= 11 is 1.88. The molecular weight excluding hydrogens is 468 g/mol. The summed E-state index contributed by atoms with van der Waals surface area (Å²) in [5.74, 6) is 3.48. The van der Waals surface area contributed by atoms with E-state index in [9.17, 15) is 4.79 Å². The SMILES string of the molecule is CCc1nc(N2CCN(C(=O)COc3cccc(C)c3)CC2)c2c3c(sc2n1)C[C@H](C(C)(C)C)CC3. The highest BCUT2D eigenvalue weighted by atomic mass is 32.1. The summed E-state index contributed by atoms with van der Waals surface area (Å²) in [6.45, 7) is 14.2. The second kappa shape index (κ2) is 10.0. The number of aromatic nitrogens is 2. The Bertz CT molecular complexity index is 1250. The predicted molar refractivity (Wildman–Crippen MR) is 147 cm³/mol. The number of nitrogens with zero attached hydrogens (tertiary/aromatic N) is 4. The fourth-order valence-electron chi connectivity index (χ4n) is 5.44. The molecule has 3 aromatic rings. The van der Waals surface area contributed by atoms with Crippen LogP contribution in [0.25, 0.3) is 10.2 Å². The third kappa shape index (κ3) is 5.08. The molecule has 0 radical (unpaired) electrons. The van der Waals surface area contributed by atoms with Crippen molar-refractivity contribution < 1.29 is 9.53 Å². The number of piperazine rings is 1. The average molecular weight is 507 g/mol. The second-order valence-electron chi connectivity index (χ2n) is 11.3. The lowest BCUT2D eigenvalue weighted by Crippen LogP contribution is -2.50. The van der Waals surface area contributed by atoms with Gasteiger partial charge in [0.15, 0.2) is 6.61 Å². The number of ether oxygens (including phenoxy) is 1. The number of thiophene rings is 1. The van der Waals surface area contributed by atoms with Crippen LogP contribution < -0.4 is 9.64 Å². The Balaban J connectivity index is 1.31. The van der Waals surface area contributed by atoms with E-state index < -0.39 is 0 Å². The topological polar surface area (TPSA) is 58.6 Å². The van der Waals surface area contributed by atoms with Gasteiger partial charge in [0.05, 0.1) is 5.39 Å². The zero-order chi connectivity index (χ0) is 25.4. The molecule has 1 fully saturated rings. The zero-order valence-corrected chi connectivity index (χ0v) is 23.1. The highest BCUT2D eigenvalue weighted by molar-refractivity contribution is 7.19. The molecule has 192 valence electrons. The summed E-state index contributed by atoms with van der Waals surface area (Å²) in [4.78, 5) is 29.7. The molecule has 36 heavy (non-hydrogen) atoms. The lowest BCUT2D eigenvalue weighted by molar-refractivity contribution is -0.133. The molecule has 0 saturated carbocycles. The molecule has 3 heterocycles. The van der Waals surface area contributed by atoms with E-state index in [0.29, 0.717) is 24.4 Å². The van der Waals surface area contributed by atoms with Gasteiger partial charge in [0.25, 0.3) is 5.91 Å². The standard InChI is InChI=1S/C29H38N4O2S/c1-6-24-30-27(26-22-11-10-20(29(3,4)5)17-23(22)36-28(26)31-24)33-14-12-32(13-15-33)25(34)18-35-21-9-7-8-19(2)16-21/h7-9,16,20H,6,10-15,17-18H2,1-5H3/t20-/m1/s1. The van der Waals surface area contributed by atoms with Crippen LogP contribution >= 0.6 is 11.3 Å². The maximum Gasteiger partial charge on any atom is 0.260 e. The van der Waals surface area contributed by atoms with Gasteiger partial charge in [-0.25, -0.2) is 9.97 Å². The minimum atomic E-state index is 0.0411. The first-order chi connectivity index (χ1) is 17.2. The molecule has 0 bridgehead atoms. The van der Waals surface area contributed by atoms with Crippen molar-refractivity contribution in [2.75, 3.05) is 37.7 Å². The van der Waals surface area contributed by atoms with Gasteiger partial charge in [-0.05, 0) is 60.8 Å². The van der Waals surface area contributed by atoms with Crippen LogP contribution in [0.2, 0.25) is 0 Å². The molecule has 2 aliphatic rings. The predicted octanol–water partition coefficient (Wildman–Crippen LogP) is 5.44. The van der Waals surface area contributed by atoms with Gasteiger partial charge in [-0.3, -0.25) is 4.79 Å². The summed E-state index contributed by atoms with van der Waals surface area (Å²) in [5.41, 5.74) is 2.92. The molecule has 0 unspecified atom stereocenters. The number of rotatable bonds is 5. The van der Waals surface area contributed by atoms with Crippen LogP contribution in [-0.2, 0) is 24.1 Å². The van der Waals surface area contributed by atoms with Gasteiger partial charge in [0.1, 0.15) is 22.2 Å². The van der Waals surface area contributed by atoms with Gasteiger partial charge in [0, 0.05) is 37.5 Å². The van der Waals surface area contributed by atoms with Gasteiger partial charge >= 0.3 is 0 Å². The van der Waals surface area contributed by atoms with E-state index in [-0.39, 0.29) is 12.5 Å². The Kier molecular flexibility index (Phi) is 6.95. The van der Waals surface area contributed by atoms with Crippen LogP contribution in [0.4, 0.5) is 5.82 Å². The van der Waals surface area contributed by atoms with Crippen molar-refractivity contribution in [2.45, 2.75) is 60.3 Å². The molecular formula is C29H38N4O2S. The van der Waals surface area contributed by atoms with Crippen LogP contribution in [-0.4, -0.2) is 53.6 Å². The molecule has 1 aliphatic carbocycles. The van der Waals surface area contributed by atoms with Gasteiger partial charge < -0.3 is 14.5 Å². The van der Waals surface area contributed by atoms with Gasteiger partial charge in [-0.15, -0.1) is 11.3 Å². The van der Waals surface area contributed by atoms with Crippen molar-refractivity contribution in [2.24, 2.45) is 11.3 Å². The first-order valence-corrected chi connectivity index (χ1v) is 14.1. The number of hydrogen-bond acceptors (Lipinski definition) is 6. The quantitative estimate of drug-likeness (QED) is 0.461. The van der Waals surface area contributed by atoms with Crippen molar-refractivity contribution in [3.05, 3.63) is 46.1 Å². The fourth-order valence-corrected chi connectivity index (χ4v) is 6.75.